The standard InChI is InChI=1S/C21H22FN3O5S2/c1-4-25(5-2)32(27,28)16-8-6-7-15(11-16)20-23-24-21(30-20)31-13-18(26)14-9-10-19(29-3)17(22)12-14/h6-12H,4-5,13H2,1-3H3. The zero-order chi connectivity index (χ0) is 23.3. The van der Waals surface area contributed by atoms with E-state index in [1.54, 1.807) is 26.0 Å². The maximum atomic E-state index is 13.8. The molecule has 3 aromatic rings. The van der Waals surface area contributed by atoms with Gasteiger partial charge < -0.3 is 9.15 Å². The molecular formula is C21H22FN3O5S2. The van der Waals surface area contributed by atoms with Crippen LogP contribution in [0.1, 0.15) is 24.2 Å². The molecule has 8 nitrogen and oxygen atoms in total. The molecule has 0 fully saturated rings. The molecule has 1 aromatic heterocycles. The Kier molecular flexibility index (Phi) is 7.64. The van der Waals surface area contributed by atoms with Gasteiger partial charge in [-0.1, -0.05) is 31.7 Å². The van der Waals surface area contributed by atoms with E-state index in [4.69, 9.17) is 9.15 Å². The number of rotatable bonds is 10. The molecular weight excluding hydrogens is 457 g/mol. The van der Waals surface area contributed by atoms with Gasteiger partial charge >= 0.3 is 0 Å². The van der Waals surface area contributed by atoms with Crippen molar-refractivity contribution in [3.05, 3.63) is 53.8 Å². The van der Waals surface area contributed by atoms with Gasteiger partial charge in [-0.15, -0.1) is 10.2 Å². The Hall–Kier alpha value is -2.76. The molecule has 0 unspecified atom stereocenters. The SMILES string of the molecule is CCN(CC)S(=O)(=O)c1cccc(-c2nnc(SCC(=O)c3ccc(OC)c(F)c3)o2)c1. The van der Waals surface area contributed by atoms with Crippen molar-refractivity contribution in [2.75, 3.05) is 26.0 Å². The minimum absolute atomic E-state index is 0.0379. The molecule has 2 aromatic carbocycles. The highest BCUT2D eigenvalue weighted by Gasteiger charge is 2.23. The summed E-state index contributed by atoms with van der Waals surface area (Å²) >= 11 is 1.01. The van der Waals surface area contributed by atoms with Crippen molar-refractivity contribution >= 4 is 27.6 Å². The first-order chi connectivity index (χ1) is 15.3. The third kappa shape index (κ3) is 5.17. The summed E-state index contributed by atoms with van der Waals surface area (Å²) in [6, 6.07) is 10.2. The van der Waals surface area contributed by atoms with Crippen LogP contribution in [0.2, 0.25) is 0 Å². The fourth-order valence-corrected chi connectivity index (χ4v) is 5.10. The molecule has 0 aliphatic heterocycles. The topological polar surface area (TPSA) is 103 Å². The second-order valence-corrected chi connectivity index (χ2v) is 9.42. The molecule has 0 amide bonds. The highest BCUT2D eigenvalue weighted by molar-refractivity contribution is 7.99. The van der Waals surface area contributed by atoms with E-state index in [0.717, 1.165) is 17.8 Å². The van der Waals surface area contributed by atoms with Gasteiger partial charge in [0, 0.05) is 24.2 Å². The van der Waals surface area contributed by atoms with Crippen molar-refractivity contribution in [3.63, 3.8) is 0 Å². The van der Waals surface area contributed by atoms with Crippen LogP contribution in [0.5, 0.6) is 5.75 Å². The molecule has 0 saturated heterocycles. The molecule has 0 radical (unpaired) electrons. The van der Waals surface area contributed by atoms with E-state index in [9.17, 15) is 17.6 Å². The summed E-state index contributed by atoms with van der Waals surface area (Å²) in [5, 5.41) is 7.99. The molecule has 0 bridgehead atoms. The van der Waals surface area contributed by atoms with Gasteiger partial charge in [0.15, 0.2) is 17.3 Å². The smallest absolute Gasteiger partial charge is 0.277 e. The van der Waals surface area contributed by atoms with Gasteiger partial charge in [0.25, 0.3) is 5.22 Å². The van der Waals surface area contributed by atoms with Gasteiger partial charge in [0.2, 0.25) is 15.9 Å². The van der Waals surface area contributed by atoms with Crippen LogP contribution in [-0.2, 0) is 10.0 Å². The Balaban J connectivity index is 1.72. The van der Waals surface area contributed by atoms with Crippen molar-refractivity contribution in [3.8, 4) is 17.2 Å². The van der Waals surface area contributed by atoms with E-state index in [1.165, 1.54) is 35.7 Å². The normalized spacial score (nSPS) is 11.7. The molecule has 3 rings (SSSR count). The molecule has 0 saturated carbocycles. The summed E-state index contributed by atoms with van der Waals surface area (Å²) in [5.74, 6) is -0.788. The van der Waals surface area contributed by atoms with Crippen molar-refractivity contribution in [1.82, 2.24) is 14.5 Å². The molecule has 0 aliphatic rings. The highest BCUT2D eigenvalue weighted by atomic mass is 32.2. The lowest BCUT2D eigenvalue weighted by Crippen LogP contribution is -2.30. The van der Waals surface area contributed by atoms with Gasteiger partial charge in [0.1, 0.15) is 0 Å². The Morgan fingerprint density at radius 2 is 1.91 bits per heavy atom. The quantitative estimate of drug-likeness (QED) is 0.319. The first-order valence-corrected chi connectivity index (χ1v) is 12.2. The van der Waals surface area contributed by atoms with Crippen molar-refractivity contribution in [1.29, 1.82) is 0 Å². The number of aromatic nitrogens is 2. The maximum absolute atomic E-state index is 13.8. The summed E-state index contributed by atoms with van der Waals surface area (Å²) in [4.78, 5) is 12.5. The average Bonchev–Trinajstić information content (AvgIpc) is 3.27. The van der Waals surface area contributed by atoms with Crippen molar-refractivity contribution < 1.29 is 26.8 Å². The zero-order valence-corrected chi connectivity index (χ0v) is 19.4. The van der Waals surface area contributed by atoms with Gasteiger partial charge in [-0.2, -0.15) is 4.31 Å². The van der Waals surface area contributed by atoms with E-state index in [-0.39, 0.29) is 38.9 Å². The Labute approximate surface area is 189 Å². The number of thioether (sulfide) groups is 1. The molecule has 32 heavy (non-hydrogen) atoms. The van der Waals surface area contributed by atoms with Crippen LogP contribution in [0.3, 0.4) is 0 Å². The van der Waals surface area contributed by atoms with E-state index in [1.807, 2.05) is 0 Å². The lowest BCUT2D eigenvalue weighted by molar-refractivity contribution is 0.102. The average molecular weight is 480 g/mol. The number of hydrogen-bond donors (Lipinski definition) is 0. The van der Waals surface area contributed by atoms with Crippen LogP contribution < -0.4 is 4.74 Å². The molecule has 0 N–H and O–H groups in total. The zero-order valence-electron chi connectivity index (χ0n) is 17.7. The van der Waals surface area contributed by atoms with Crippen LogP contribution in [-0.4, -0.2) is 54.7 Å². The summed E-state index contributed by atoms with van der Waals surface area (Å²) in [5.41, 5.74) is 0.644. The number of carbonyl (C=O) groups excluding carboxylic acids is 1. The molecule has 0 atom stereocenters. The lowest BCUT2D eigenvalue weighted by Gasteiger charge is -2.18. The van der Waals surface area contributed by atoms with Gasteiger partial charge in [-0.05, 0) is 36.4 Å². The third-order valence-electron chi connectivity index (χ3n) is 4.63. The Bertz CT molecular complexity index is 1210. The molecule has 0 aliphatic carbocycles. The number of nitrogens with zero attached hydrogens (tertiary/aromatic N) is 3. The maximum Gasteiger partial charge on any atom is 0.277 e. The van der Waals surface area contributed by atoms with Crippen LogP contribution in [0.15, 0.2) is 57.0 Å². The molecule has 170 valence electrons. The number of ketones is 1. The van der Waals surface area contributed by atoms with Gasteiger partial charge in [-0.3, -0.25) is 4.79 Å². The number of halogens is 1. The fourth-order valence-electron chi connectivity index (χ4n) is 2.94. The monoisotopic (exact) mass is 479 g/mol. The van der Waals surface area contributed by atoms with Gasteiger partial charge in [-0.25, -0.2) is 12.8 Å². The first-order valence-electron chi connectivity index (χ1n) is 9.73. The predicted octanol–water partition coefficient (Wildman–Crippen LogP) is 3.89. The van der Waals surface area contributed by atoms with Crippen LogP contribution in [0.4, 0.5) is 4.39 Å². The lowest BCUT2D eigenvalue weighted by atomic mass is 10.1. The third-order valence-corrected chi connectivity index (χ3v) is 7.50. The number of hydrogen-bond acceptors (Lipinski definition) is 8. The summed E-state index contributed by atoms with van der Waals surface area (Å²) in [7, 11) is -2.29. The fraction of sp³-hybridized carbons (Fsp3) is 0.286. The molecule has 0 spiro atoms. The first kappa shape index (κ1) is 23.9. The summed E-state index contributed by atoms with van der Waals surface area (Å²) < 4.78 is 51.1. The van der Waals surface area contributed by atoms with E-state index in [2.05, 4.69) is 10.2 Å². The largest absolute Gasteiger partial charge is 0.494 e. The Morgan fingerprint density at radius 3 is 2.56 bits per heavy atom. The number of sulfonamides is 1. The summed E-state index contributed by atoms with van der Waals surface area (Å²) in [6.45, 7) is 4.26. The highest BCUT2D eigenvalue weighted by Crippen LogP contribution is 2.27. The van der Waals surface area contributed by atoms with E-state index >= 15 is 0 Å². The second kappa shape index (κ2) is 10.2. The van der Waals surface area contributed by atoms with Crippen molar-refractivity contribution in [2.45, 2.75) is 24.0 Å². The number of methoxy groups -OCH3 is 1. The number of Topliss-reactive ketones (excluding diaryl/α,β-unsaturated/α-hetero) is 1. The van der Waals surface area contributed by atoms with Crippen molar-refractivity contribution in [2.24, 2.45) is 0 Å². The van der Waals surface area contributed by atoms with Crippen LogP contribution in [0.25, 0.3) is 11.5 Å². The second-order valence-electron chi connectivity index (χ2n) is 6.55. The molecule has 1 heterocycles. The van der Waals surface area contributed by atoms with E-state index in [0.29, 0.717) is 18.7 Å². The van der Waals surface area contributed by atoms with Gasteiger partial charge in [0.05, 0.1) is 17.8 Å². The Morgan fingerprint density at radius 1 is 1.16 bits per heavy atom. The minimum Gasteiger partial charge on any atom is -0.494 e. The minimum atomic E-state index is -3.63. The van der Waals surface area contributed by atoms with Crippen LogP contribution >= 0.6 is 11.8 Å². The number of benzene rings is 2. The van der Waals surface area contributed by atoms with Crippen LogP contribution in [0, 0.1) is 5.82 Å². The molecule has 11 heteroatoms. The summed E-state index contributed by atoms with van der Waals surface area (Å²) in [6.07, 6.45) is 0. The predicted molar refractivity (Wildman–Crippen MR) is 118 cm³/mol. The number of ether oxygens (including phenoxy) is 1. The number of carbonyl (C=O) groups is 1. The van der Waals surface area contributed by atoms with E-state index < -0.39 is 15.8 Å².